The lowest BCUT2D eigenvalue weighted by molar-refractivity contribution is 0.0440. The maximum Gasteiger partial charge on any atom is 0.338 e. The highest BCUT2D eigenvalue weighted by Gasteiger charge is 2.23. The Balaban J connectivity index is 1.96. The number of phenols is 2. The van der Waals surface area contributed by atoms with E-state index in [9.17, 15) is 15.0 Å². The molecule has 2 rings (SSSR count). The molecule has 2 atom stereocenters. The summed E-state index contributed by atoms with van der Waals surface area (Å²) in [5.74, 6) is -0.274. The van der Waals surface area contributed by atoms with Crippen LogP contribution >= 0.6 is 11.6 Å². The van der Waals surface area contributed by atoms with Gasteiger partial charge >= 0.3 is 5.97 Å². The van der Waals surface area contributed by atoms with Crippen LogP contribution in [-0.4, -0.2) is 22.8 Å². The number of phenolic OH excluding ortho intramolecular Hbond substituents is 2. The normalized spacial score (nSPS) is 22.4. The van der Waals surface area contributed by atoms with E-state index < -0.39 is 17.5 Å². The number of rotatable bonds is 3. The Labute approximate surface area is 117 Å². The lowest BCUT2D eigenvalue weighted by Gasteiger charge is -2.11. The first-order chi connectivity index (χ1) is 8.97. The number of hydrogen-bond donors (Lipinski definition) is 2. The summed E-state index contributed by atoms with van der Waals surface area (Å²) in [6, 6.07) is 2.44. The highest BCUT2D eigenvalue weighted by molar-refractivity contribution is 6.32. The zero-order chi connectivity index (χ0) is 14.0. The molecule has 1 aliphatic carbocycles. The minimum absolute atomic E-state index is 0.0681. The summed E-state index contributed by atoms with van der Waals surface area (Å²) in [5, 5.41) is 18.6. The van der Waals surface area contributed by atoms with Crippen LogP contribution in [0.3, 0.4) is 0 Å². The van der Waals surface area contributed by atoms with E-state index in [4.69, 9.17) is 16.3 Å². The molecule has 1 aromatic rings. The van der Waals surface area contributed by atoms with Gasteiger partial charge in [0.05, 0.1) is 17.2 Å². The third kappa shape index (κ3) is 3.32. The Kier molecular flexibility index (Phi) is 4.20. The highest BCUT2D eigenvalue weighted by Crippen LogP contribution is 2.34. The molecule has 104 valence electrons. The van der Waals surface area contributed by atoms with Gasteiger partial charge in [-0.25, -0.2) is 4.79 Å². The Morgan fingerprint density at radius 1 is 1.42 bits per heavy atom. The van der Waals surface area contributed by atoms with Crippen molar-refractivity contribution < 1.29 is 19.7 Å². The second-order valence-electron chi connectivity index (χ2n) is 5.21. The van der Waals surface area contributed by atoms with Crippen LogP contribution in [0, 0.1) is 11.8 Å². The molecule has 0 aliphatic heterocycles. The van der Waals surface area contributed by atoms with Crippen molar-refractivity contribution in [1.29, 1.82) is 0 Å². The van der Waals surface area contributed by atoms with Crippen LogP contribution in [0.15, 0.2) is 12.1 Å². The molecule has 4 nitrogen and oxygen atoms in total. The van der Waals surface area contributed by atoms with Crippen LogP contribution in [0.1, 0.15) is 36.5 Å². The SMILES string of the molecule is CC1CCC(COC(=O)c2cc(O)c(O)c(Cl)c2)C1. The van der Waals surface area contributed by atoms with E-state index >= 15 is 0 Å². The number of benzene rings is 1. The zero-order valence-electron chi connectivity index (χ0n) is 10.7. The van der Waals surface area contributed by atoms with E-state index in [-0.39, 0.29) is 10.6 Å². The molecule has 0 heterocycles. The van der Waals surface area contributed by atoms with Crippen LogP contribution in [0.25, 0.3) is 0 Å². The number of ether oxygens (including phenoxy) is 1. The van der Waals surface area contributed by atoms with E-state index in [1.54, 1.807) is 0 Å². The van der Waals surface area contributed by atoms with Crippen LogP contribution in [-0.2, 0) is 4.74 Å². The molecule has 19 heavy (non-hydrogen) atoms. The van der Waals surface area contributed by atoms with Gasteiger partial charge in [0.2, 0.25) is 0 Å². The molecule has 0 saturated heterocycles. The first kappa shape index (κ1) is 14.0. The molecule has 1 fully saturated rings. The van der Waals surface area contributed by atoms with Crippen molar-refractivity contribution in [2.24, 2.45) is 11.8 Å². The lowest BCUT2D eigenvalue weighted by Crippen LogP contribution is -2.12. The predicted molar refractivity (Wildman–Crippen MR) is 71.6 cm³/mol. The first-order valence-corrected chi connectivity index (χ1v) is 6.73. The van der Waals surface area contributed by atoms with Crippen LogP contribution in [0.4, 0.5) is 0 Å². The maximum absolute atomic E-state index is 11.8. The van der Waals surface area contributed by atoms with Gasteiger partial charge in [0, 0.05) is 0 Å². The molecule has 0 radical (unpaired) electrons. The summed E-state index contributed by atoms with van der Waals surface area (Å²) in [5.41, 5.74) is 0.145. The van der Waals surface area contributed by atoms with Gasteiger partial charge in [-0.3, -0.25) is 0 Å². The van der Waals surface area contributed by atoms with Crippen LogP contribution in [0.5, 0.6) is 11.5 Å². The third-order valence-corrected chi connectivity index (χ3v) is 3.82. The molecular formula is C14H17ClO4. The van der Waals surface area contributed by atoms with Gasteiger partial charge in [-0.1, -0.05) is 24.9 Å². The molecule has 2 N–H and O–H groups in total. The summed E-state index contributed by atoms with van der Waals surface area (Å²) >= 11 is 5.69. The van der Waals surface area contributed by atoms with Crippen molar-refractivity contribution in [3.05, 3.63) is 22.7 Å². The average Bonchev–Trinajstić information content (AvgIpc) is 2.78. The second-order valence-corrected chi connectivity index (χ2v) is 5.62. The predicted octanol–water partition coefficient (Wildman–Crippen LogP) is 3.34. The van der Waals surface area contributed by atoms with E-state index in [0.29, 0.717) is 18.4 Å². The zero-order valence-corrected chi connectivity index (χ0v) is 11.5. The molecule has 0 spiro atoms. The summed E-state index contributed by atoms with van der Waals surface area (Å²) < 4.78 is 5.22. The Morgan fingerprint density at radius 3 is 2.74 bits per heavy atom. The number of carbonyl (C=O) groups excluding carboxylic acids is 1. The van der Waals surface area contributed by atoms with Crippen molar-refractivity contribution in [2.75, 3.05) is 6.61 Å². The molecule has 1 saturated carbocycles. The molecular weight excluding hydrogens is 268 g/mol. The number of aromatic hydroxyl groups is 2. The van der Waals surface area contributed by atoms with Gasteiger partial charge in [0.15, 0.2) is 11.5 Å². The maximum atomic E-state index is 11.8. The van der Waals surface area contributed by atoms with Crippen LogP contribution in [0.2, 0.25) is 5.02 Å². The molecule has 1 aromatic carbocycles. The second kappa shape index (κ2) is 5.70. The van der Waals surface area contributed by atoms with E-state index in [2.05, 4.69) is 6.92 Å². The number of halogens is 1. The van der Waals surface area contributed by atoms with E-state index in [1.165, 1.54) is 12.5 Å². The van der Waals surface area contributed by atoms with Crippen LogP contribution < -0.4 is 0 Å². The molecule has 1 aliphatic rings. The Bertz CT molecular complexity index is 463. The highest BCUT2D eigenvalue weighted by atomic mass is 35.5. The number of hydrogen-bond acceptors (Lipinski definition) is 4. The van der Waals surface area contributed by atoms with Gasteiger partial charge in [0.1, 0.15) is 0 Å². The Hall–Kier alpha value is -1.42. The van der Waals surface area contributed by atoms with Crippen molar-refractivity contribution in [2.45, 2.75) is 26.2 Å². The lowest BCUT2D eigenvalue weighted by atomic mass is 10.1. The fourth-order valence-electron chi connectivity index (χ4n) is 2.46. The van der Waals surface area contributed by atoms with E-state index in [0.717, 1.165) is 18.9 Å². The number of esters is 1. The largest absolute Gasteiger partial charge is 0.504 e. The smallest absolute Gasteiger partial charge is 0.338 e. The summed E-state index contributed by atoms with van der Waals surface area (Å²) in [6.45, 7) is 2.59. The summed E-state index contributed by atoms with van der Waals surface area (Å²) in [7, 11) is 0. The third-order valence-electron chi connectivity index (χ3n) is 3.53. The van der Waals surface area contributed by atoms with Gasteiger partial charge in [-0.05, 0) is 36.8 Å². The topological polar surface area (TPSA) is 66.8 Å². The summed E-state index contributed by atoms with van der Waals surface area (Å²) in [4.78, 5) is 11.8. The minimum atomic E-state index is -0.531. The molecule has 2 unspecified atom stereocenters. The van der Waals surface area contributed by atoms with Crippen molar-refractivity contribution >= 4 is 17.6 Å². The monoisotopic (exact) mass is 284 g/mol. The number of carbonyl (C=O) groups is 1. The summed E-state index contributed by atoms with van der Waals surface area (Å²) in [6.07, 6.45) is 3.33. The van der Waals surface area contributed by atoms with Gasteiger partial charge < -0.3 is 14.9 Å². The van der Waals surface area contributed by atoms with Crippen molar-refractivity contribution in [1.82, 2.24) is 0 Å². The minimum Gasteiger partial charge on any atom is -0.504 e. The quantitative estimate of drug-likeness (QED) is 0.660. The fourth-order valence-corrected chi connectivity index (χ4v) is 2.67. The molecule has 0 amide bonds. The van der Waals surface area contributed by atoms with E-state index in [1.807, 2.05) is 0 Å². The van der Waals surface area contributed by atoms with Gasteiger partial charge in [0.25, 0.3) is 0 Å². The Morgan fingerprint density at radius 2 is 2.16 bits per heavy atom. The standard InChI is InChI=1S/C14H17ClO4/c1-8-2-3-9(4-8)7-19-14(18)10-5-11(15)13(17)12(16)6-10/h5-6,8-9,16-17H,2-4,7H2,1H3. The molecule has 5 heteroatoms. The van der Waals surface area contributed by atoms with Crippen molar-refractivity contribution in [3.63, 3.8) is 0 Å². The van der Waals surface area contributed by atoms with Gasteiger partial charge in [-0.15, -0.1) is 0 Å². The fraction of sp³-hybridized carbons (Fsp3) is 0.500. The van der Waals surface area contributed by atoms with Gasteiger partial charge in [-0.2, -0.15) is 0 Å². The van der Waals surface area contributed by atoms with Crippen molar-refractivity contribution in [3.8, 4) is 11.5 Å². The molecule has 0 aromatic heterocycles. The molecule has 0 bridgehead atoms. The first-order valence-electron chi connectivity index (χ1n) is 6.36. The average molecular weight is 285 g/mol.